The molecule has 1 N–H and O–H groups in total. The smallest absolute Gasteiger partial charge is 0.244 e. The Morgan fingerprint density at radius 1 is 1.05 bits per heavy atom. The van der Waals surface area contributed by atoms with E-state index in [1.54, 1.807) is 0 Å². The van der Waals surface area contributed by atoms with Crippen molar-refractivity contribution in [2.45, 2.75) is 82.1 Å². The number of amides is 1. The first-order valence-corrected chi connectivity index (χ1v) is 8.56. The molecule has 4 nitrogen and oxygen atoms in total. The first kappa shape index (κ1) is 13.1. The maximum Gasteiger partial charge on any atom is 0.244 e. The van der Waals surface area contributed by atoms with Gasteiger partial charge in [0.2, 0.25) is 5.91 Å². The van der Waals surface area contributed by atoms with E-state index in [9.17, 15) is 4.79 Å². The van der Waals surface area contributed by atoms with E-state index in [-0.39, 0.29) is 11.7 Å². The van der Waals surface area contributed by atoms with Crippen LogP contribution < -0.4 is 5.32 Å². The zero-order chi connectivity index (χ0) is 13.7. The lowest BCUT2D eigenvalue weighted by Gasteiger charge is -2.37. The fraction of sp³-hybridized carbons (Fsp3) is 0.938. The zero-order valence-corrected chi connectivity index (χ0v) is 12.6. The highest BCUT2D eigenvalue weighted by atomic mass is 16.2. The minimum Gasteiger partial charge on any atom is -0.321 e. The number of hydrogen-bond acceptors (Lipinski definition) is 3. The Morgan fingerprint density at radius 2 is 1.85 bits per heavy atom. The number of carbonyl (C=O) groups excluding carboxylic acids is 1. The van der Waals surface area contributed by atoms with Gasteiger partial charge >= 0.3 is 0 Å². The zero-order valence-electron chi connectivity index (χ0n) is 12.6. The van der Waals surface area contributed by atoms with Crippen molar-refractivity contribution in [3.05, 3.63) is 0 Å². The lowest BCUT2D eigenvalue weighted by Crippen LogP contribution is -2.51. The predicted molar refractivity (Wildman–Crippen MR) is 78.3 cm³/mol. The van der Waals surface area contributed by atoms with Crippen LogP contribution in [0.25, 0.3) is 0 Å². The van der Waals surface area contributed by atoms with Crippen LogP contribution in [0.4, 0.5) is 0 Å². The summed E-state index contributed by atoms with van der Waals surface area (Å²) in [5, 5.41) is 3.66. The van der Waals surface area contributed by atoms with Gasteiger partial charge in [-0.05, 0) is 45.6 Å². The van der Waals surface area contributed by atoms with Crippen LogP contribution in [0.2, 0.25) is 0 Å². The lowest BCUT2D eigenvalue weighted by molar-refractivity contribution is -0.135. The number of nitrogens with one attached hydrogen (secondary N) is 1. The topological polar surface area (TPSA) is 35.6 Å². The molecule has 4 aliphatic rings. The van der Waals surface area contributed by atoms with Gasteiger partial charge in [-0.25, -0.2) is 0 Å². The van der Waals surface area contributed by atoms with Gasteiger partial charge in [0.25, 0.3) is 0 Å². The third kappa shape index (κ3) is 1.77. The standard InChI is InChI=1S/C16H27N3O/c1-12-17-16(8-3-4-9-16)15(20)19(12)14-7-11-18-10-5-2-6-13(14)18/h12-14,17H,2-11H2,1H3. The summed E-state index contributed by atoms with van der Waals surface area (Å²) in [4.78, 5) is 17.9. The van der Waals surface area contributed by atoms with Crippen molar-refractivity contribution in [1.29, 1.82) is 0 Å². The van der Waals surface area contributed by atoms with Gasteiger partial charge in [-0.2, -0.15) is 0 Å². The third-order valence-electron chi connectivity index (χ3n) is 6.18. The summed E-state index contributed by atoms with van der Waals surface area (Å²) < 4.78 is 0. The number of piperidine rings is 1. The van der Waals surface area contributed by atoms with Crippen LogP contribution in [-0.2, 0) is 4.79 Å². The number of fused-ring (bicyclic) bond motifs is 1. The molecule has 0 aromatic rings. The fourth-order valence-corrected chi connectivity index (χ4v) is 5.27. The molecule has 3 saturated heterocycles. The second-order valence-corrected chi connectivity index (χ2v) is 7.28. The van der Waals surface area contributed by atoms with E-state index in [1.165, 1.54) is 51.6 Å². The van der Waals surface area contributed by atoms with Gasteiger partial charge in [0.15, 0.2) is 0 Å². The molecule has 0 aromatic carbocycles. The molecule has 1 aliphatic carbocycles. The van der Waals surface area contributed by atoms with Gasteiger partial charge in [-0.15, -0.1) is 0 Å². The van der Waals surface area contributed by atoms with Crippen LogP contribution in [0.5, 0.6) is 0 Å². The largest absolute Gasteiger partial charge is 0.321 e. The molecule has 3 heterocycles. The van der Waals surface area contributed by atoms with Crippen LogP contribution in [-0.4, -0.2) is 52.6 Å². The summed E-state index contributed by atoms with van der Waals surface area (Å²) in [6, 6.07) is 1.10. The van der Waals surface area contributed by atoms with Crippen molar-refractivity contribution in [2.75, 3.05) is 13.1 Å². The van der Waals surface area contributed by atoms with Gasteiger partial charge < -0.3 is 4.90 Å². The van der Waals surface area contributed by atoms with Crippen molar-refractivity contribution >= 4 is 5.91 Å². The summed E-state index contributed by atoms with van der Waals surface area (Å²) in [5.74, 6) is 0.417. The highest BCUT2D eigenvalue weighted by Crippen LogP contribution is 2.40. The molecule has 3 unspecified atom stereocenters. The van der Waals surface area contributed by atoms with Gasteiger partial charge in [-0.1, -0.05) is 19.3 Å². The molecule has 4 heteroatoms. The maximum atomic E-state index is 13.0. The maximum absolute atomic E-state index is 13.0. The average molecular weight is 277 g/mol. The summed E-state index contributed by atoms with van der Waals surface area (Å²) in [5.41, 5.74) is -0.193. The number of hydrogen-bond donors (Lipinski definition) is 1. The third-order valence-corrected chi connectivity index (χ3v) is 6.18. The minimum absolute atomic E-state index is 0.193. The quantitative estimate of drug-likeness (QED) is 0.792. The molecule has 4 fully saturated rings. The summed E-state index contributed by atoms with van der Waals surface area (Å²) >= 11 is 0. The molecule has 1 spiro atoms. The summed E-state index contributed by atoms with van der Waals surface area (Å²) in [6.07, 6.45) is 9.89. The molecule has 4 rings (SSSR count). The highest BCUT2D eigenvalue weighted by molar-refractivity contribution is 5.89. The fourth-order valence-electron chi connectivity index (χ4n) is 5.27. The van der Waals surface area contributed by atoms with Gasteiger partial charge in [-0.3, -0.25) is 15.0 Å². The SMILES string of the molecule is CC1NC2(CCCC2)C(=O)N1C1CCN2CCCCC12. The van der Waals surface area contributed by atoms with E-state index in [1.807, 2.05) is 0 Å². The Bertz CT molecular complexity index is 405. The Balaban J connectivity index is 1.57. The molecular weight excluding hydrogens is 250 g/mol. The molecule has 3 aliphatic heterocycles. The molecule has 3 atom stereocenters. The van der Waals surface area contributed by atoms with E-state index >= 15 is 0 Å². The van der Waals surface area contributed by atoms with Crippen molar-refractivity contribution in [2.24, 2.45) is 0 Å². The molecule has 112 valence electrons. The van der Waals surface area contributed by atoms with Crippen molar-refractivity contribution < 1.29 is 4.79 Å². The van der Waals surface area contributed by atoms with Crippen molar-refractivity contribution in [1.82, 2.24) is 15.1 Å². The van der Waals surface area contributed by atoms with Crippen molar-refractivity contribution in [3.8, 4) is 0 Å². The molecular formula is C16H27N3O. The summed E-state index contributed by atoms with van der Waals surface area (Å²) in [7, 11) is 0. The van der Waals surface area contributed by atoms with E-state index in [2.05, 4.69) is 22.0 Å². The van der Waals surface area contributed by atoms with Gasteiger partial charge in [0.1, 0.15) is 0 Å². The number of nitrogens with zero attached hydrogens (tertiary/aromatic N) is 2. The lowest BCUT2D eigenvalue weighted by atomic mass is 9.95. The van der Waals surface area contributed by atoms with E-state index in [0.717, 1.165) is 12.8 Å². The molecule has 20 heavy (non-hydrogen) atoms. The van der Waals surface area contributed by atoms with E-state index < -0.39 is 0 Å². The number of carbonyl (C=O) groups is 1. The van der Waals surface area contributed by atoms with Gasteiger partial charge in [0, 0.05) is 12.6 Å². The normalized spacial score (nSPS) is 40.8. The van der Waals surface area contributed by atoms with E-state index in [4.69, 9.17) is 0 Å². The first-order valence-electron chi connectivity index (χ1n) is 8.56. The number of rotatable bonds is 1. The Hall–Kier alpha value is -0.610. The predicted octanol–water partition coefficient (Wildman–Crippen LogP) is 1.70. The van der Waals surface area contributed by atoms with Crippen LogP contribution in [0.3, 0.4) is 0 Å². The highest BCUT2D eigenvalue weighted by Gasteiger charge is 2.55. The molecule has 0 radical (unpaired) electrons. The molecule has 1 amide bonds. The first-order chi connectivity index (χ1) is 9.71. The molecule has 0 aromatic heterocycles. The van der Waals surface area contributed by atoms with E-state index in [0.29, 0.717) is 18.0 Å². The summed E-state index contributed by atoms with van der Waals surface area (Å²) in [6.45, 7) is 4.63. The Kier molecular flexibility index (Phi) is 3.08. The average Bonchev–Trinajstić information content (AvgIpc) is 3.12. The van der Waals surface area contributed by atoms with Crippen LogP contribution >= 0.6 is 0 Å². The minimum atomic E-state index is -0.193. The molecule has 1 saturated carbocycles. The van der Waals surface area contributed by atoms with Crippen LogP contribution in [0, 0.1) is 0 Å². The second kappa shape index (κ2) is 4.70. The Morgan fingerprint density at radius 3 is 2.65 bits per heavy atom. The second-order valence-electron chi connectivity index (χ2n) is 7.28. The molecule has 0 bridgehead atoms. The monoisotopic (exact) mass is 277 g/mol. The Labute approximate surface area is 121 Å². The van der Waals surface area contributed by atoms with Crippen LogP contribution in [0.1, 0.15) is 58.3 Å². The van der Waals surface area contributed by atoms with Crippen LogP contribution in [0.15, 0.2) is 0 Å². The van der Waals surface area contributed by atoms with Crippen molar-refractivity contribution in [3.63, 3.8) is 0 Å². The van der Waals surface area contributed by atoms with Gasteiger partial charge in [0.05, 0.1) is 17.7 Å².